The maximum atomic E-state index is 10.3. The molecule has 2 aromatic rings. The van der Waals surface area contributed by atoms with Gasteiger partial charge in [0.15, 0.2) is 0 Å². The van der Waals surface area contributed by atoms with Crippen LogP contribution in [0, 0.1) is 0 Å². The number of rotatable bonds is 2. The molecule has 1 aromatic carbocycles. The zero-order chi connectivity index (χ0) is 17.8. The van der Waals surface area contributed by atoms with Crippen molar-refractivity contribution in [2.24, 2.45) is 0 Å². The Labute approximate surface area is 157 Å². The summed E-state index contributed by atoms with van der Waals surface area (Å²) in [5, 5.41) is 23.6. The molecule has 0 aliphatic carbocycles. The van der Waals surface area contributed by atoms with Gasteiger partial charge >= 0.3 is 0 Å². The third kappa shape index (κ3) is 3.03. The van der Waals surface area contributed by atoms with E-state index in [4.69, 9.17) is 23.2 Å². The van der Waals surface area contributed by atoms with Crippen molar-refractivity contribution < 1.29 is 5.11 Å². The zero-order valence-electron chi connectivity index (χ0n) is 14.4. The van der Waals surface area contributed by atoms with Crippen LogP contribution in [0.3, 0.4) is 0 Å². The topological polar surface area (TPSA) is 63.0 Å². The fraction of sp³-hybridized carbons (Fsp3) is 0.556. The van der Waals surface area contributed by atoms with E-state index >= 15 is 0 Å². The summed E-state index contributed by atoms with van der Waals surface area (Å²) in [6.07, 6.45) is 2.82. The van der Waals surface area contributed by atoms with E-state index in [1.807, 2.05) is 0 Å². The number of piperidine rings is 1. The summed E-state index contributed by atoms with van der Waals surface area (Å²) in [5.74, 6) is 2.70. The number of hydrogen-bond acceptors (Lipinski definition) is 4. The van der Waals surface area contributed by atoms with Crippen molar-refractivity contribution in [1.29, 1.82) is 0 Å². The lowest BCUT2D eigenvalue weighted by atomic mass is 9.84. The van der Waals surface area contributed by atoms with Gasteiger partial charge < -0.3 is 15.0 Å². The maximum absolute atomic E-state index is 10.3. The first-order chi connectivity index (χ1) is 11.9. The number of aromatic hydroxyl groups is 1. The molecule has 7 heteroatoms. The molecule has 2 unspecified atom stereocenters. The number of phenolic OH excluding ortho intramolecular Hbond substituents is 1. The van der Waals surface area contributed by atoms with Crippen LogP contribution in [-0.2, 0) is 13.0 Å². The van der Waals surface area contributed by atoms with Gasteiger partial charge in [-0.1, -0.05) is 23.2 Å². The molecule has 0 amide bonds. The summed E-state index contributed by atoms with van der Waals surface area (Å²) in [6, 6.07) is 3.24. The van der Waals surface area contributed by atoms with Crippen LogP contribution in [0.25, 0.3) is 0 Å². The van der Waals surface area contributed by atoms with Crippen molar-refractivity contribution in [3.8, 4) is 5.75 Å². The summed E-state index contributed by atoms with van der Waals surface area (Å²) < 4.78 is 2.22. The second-order valence-electron chi connectivity index (χ2n) is 7.78. The van der Waals surface area contributed by atoms with Crippen LogP contribution in [0.5, 0.6) is 5.75 Å². The maximum Gasteiger partial charge on any atom is 0.136 e. The molecule has 1 fully saturated rings. The van der Waals surface area contributed by atoms with Crippen LogP contribution in [0.15, 0.2) is 12.1 Å². The molecule has 4 rings (SSSR count). The Balaban J connectivity index is 1.63. The Hall–Kier alpha value is -1.30. The highest BCUT2D eigenvalue weighted by molar-refractivity contribution is 6.42. The average Bonchev–Trinajstić information content (AvgIpc) is 3.10. The molecule has 25 heavy (non-hydrogen) atoms. The van der Waals surface area contributed by atoms with Crippen LogP contribution in [0.1, 0.15) is 55.7 Å². The van der Waals surface area contributed by atoms with Crippen LogP contribution in [-0.4, -0.2) is 32.0 Å². The monoisotopic (exact) mass is 380 g/mol. The van der Waals surface area contributed by atoms with E-state index in [1.165, 1.54) is 0 Å². The summed E-state index contributed by atoms with van der Waals surface area (Å²) >= 11 is 12.5. The molecule has 2 aliphatic rings. The van der Waals surface area contributed by atoms with Gasteiger partial charge in [0, 0.05) is 35.9 Å². The van der Waals surface area contributed by atoms with Gasteiger partial charge in [0.1, 0.15) is 17.4 Å². The highest BCUT2D eigenvalue weighted by Crippen LogP contribution is 2.43. The van der Waals surface area contributed by atoms with Gasteiger partial charge in [-0.2, -0.15) is 0 Å². The van der Waals surface area contributed by atoms with E-state index in [1.54, 1.807) is 12.1 Å². The predicted molar refractivity (Wildman–Crippen MR) is 98.7 cm³/mol. The van der Waals surface area contributed by atoms with E-state index in [0.29, 0.717) is 16.0 Å². The number of nitrogens with one attached hydrogen (secondary N) is 1. The molecule has 5 nitrogen and oxygen atoms in total. The molecule has 1 aromatic heterocycles. The number of aromatic nitrogens is 3. The molecule has 2 aliphatic heterocycles. The highest BCUT2D eigenvalue weighted by Gasteiger charge is 2.36. The van der Waals surface area contributed by atoms with Crippen molar-refractivity contribution >= 4 is 23.2 Å². The minimum atomic E-state index is 0.0742. The number of hydrogen-bond donors (Lipinski definition) is 2. The normalized spacial score (nSPS) is 25.1. The number of halogens is 2. The molecule has 2 atom stereocenters. The lowest BCUT2D eigenvalue weighted by Gasteiger charge is -2.36. The summed E-state index contributed by atoms with van der Waals surface area (Å²) in [6.45, 7) is 6.18. The molecule has 0 spiro atoms. The van der Waals surface area contributed by atoms with Gasteiger partial charge in [0.2, 0.25) is 0 Å². The van der Waals surface area contributed by atoms with Crippen molar-refractivity contribution in [2.75, 3.05) is 6.54 Å². The van der Waals surface area contributed by atoms with Crippen molar-refractivity contribution in [2.45, 2.75) is 57.0 Å². The largest absolute Gasteiger partial charge is 0.508 e. The second kappa shape index (κ2) is 6.15. The number of nitrogens with zero attached hydrogens (tertiary/aromatic N) is 3. The Kier molecular flexibility index (Phi) is 4.21. The van der Waals surface area contributed by atoms with E-state index in [2.05, 4.69) is 33.9 Å². The minimum absolute atomic E-state index is 0.0742. The summed E-state index contributed by atoms with van der Waals surface area (Å²) in [5.41, 5.74) is 0.832. The fourth-order valence-electron chi connectivity index (χ4n) is 4.24. The van der Waals surface area contributed by atoms with Gasteiger partial charge in [0.05, 0.1) is 10.0 Å². The third-order valence-electron chi connectivity index (χ3n) is 5.42. The Bertz CT molecular complexity index is 818. The molecule has 2 N–H and O–H groups in total. The summed E-state index contributed by atoms with van der Waals surface area (Å²) in [7, 11) is 0. The van der Waals surface area contributed by atoms with Crippen molar-refractivity contribution in [3.05, 3.63) is 39.4 Å². The van der Waals surface area contributed by atoms with E-state index < -0.39 is 0 Å². The van der Waals surface area contributed by atoms with Crippen LogP contribution >= 0.6 is 23.2 Å². The van der Waals surface area contributed by atoms with E-state index in [-0.39, 0.29) is 17.2 Å². The Morgan fingerprint density at radius 2 is 2.04 bits per heavy atom. The lowest BCUT2D eigenvalue weighted by Crippen LogP contribution is -2.46. The first-order valence-corrected chi connectivity index (χ1v) is 9.45. The van der Waals surface area contributed by atoms with Crippen LogP contribution in [0.2, 0.25) is 10.0 Å². The SMILES string of the molecule is CC1(C)CC(c2nnc3n2CC(c2c(O)ccc(Cl)c2Cl)C3)CCN1. The molecule has 0 radical (unpaired) electrons. The Morgan fingerprint density at radius 3 is 2.80 bits per heavy atom. The molecule has 3 heterocycles. The van der Waals surface area contributed by atoms with Gasteiger partial charge in [0.25, 0.3) is 0 Å². The third-order valence-corrected chi connectivity index (χ3v) is 6.24. The zero-order valence-corrected chi connectivity index (χ0v) is 15.9. The van der Waals surface area contributed by atoms with Gasteiger partial charge in [-0.3, -0.25) is 0 Å². The number of benzene rings is 1. The van der Waals surface area contributed by atoms with Gasteiger partial charge in [-0.15, -0.1) is 10.2 Å². The highest BCUT2D eigenvalue weighted by atomic mass is 35.5. The van der Waals surface area contributed by atoms with Crippen LogP contribution < -0.4 is 5.32 Å². The minimum Gasteiger partial charge on any atom is -0.508 e. The molecule has 134 valence electrons. The first kappa shape index (κ1) is 17.1. The molecule has 0 saturated carbocycles. The Morgan fingerprint density at radius 1 is 1.24 bits per heavy atom. The van der Waals surface area contributed by atoms with E-state index in [9.17, 15) is 5.11 Å². The smallest absolute Gasteiger partial charge is 0.136 e. The first-order valence-electron chi connectivity index (χ1n) is 8.69. The van der Waals surface area contributed by atoms with E-state index in [0.717, 1.165) is 49.6 Å². The average molecular weight is 381 g/mol. The fourth-order valence-corrected chi connectivity index (χ4v) is 4.72. The number of phenols is 1. The summed E-state index contributed by atoms with van der Waals surface area (Å²) in [4.78, 5) is 0. The molecular weight excluding hydrogens is 359 g/mol. The second-order valence-corrected chi connectivity index (χ2v) is 8.57. The van der Waals surface area contributed by atoms with Gasteiger partial charge in [-0.25, -0.2) is 0 Å². The van der Waals surface area contributed by atoms with Crippen molar-refractivity contribution in [1.82, 2.24) is 20.1 Å². The quantitative estimate of drug-likeness (QED) is 0.829. The van der Waals surface area contributed by atoms with Crippen LogP contribution in [0.4, 0.5) is 0 Å². The molecule has 1 saturated heterocycles. The molecular formula is C18H22Cl2N4O. The standard InChI is InChI=1S/C18H22Cl2N4O/c1-18(2)8-10(5-6-21-18)17-23-22-14-7-11(9-24(14)17)15-13(25)4-3-12(19)16(15)20/h3-4,10-11,21,25H,5-9H2,1-2H3. The molecule has 0 bridgehead atoms. The van der Waals surface area contributed by atoms with Crippen molar-refractivity contribution in [3.63, 3.8) is 0 Å². The number of fused-ring (bicyclic) bond motifs is 1. The van der Waals surface area contributed by atoms with Gasteiger partial charge in [-0.05, 0) is 45.4 Å². The lowest BCUT2D eigenvalue weighted by molar-refractivity contribution is 0.266. The predicted octanol–water partition coefficient (Wildman–Crippen LogP) is 3.88.